The van der Waals surface area contributed by atoms with Gasteiger partial charge in [-0.15, -0.1) is 0 Å². The maximum atomic E-state index is 9.92. The van der Waals surface area contributed by atoms with Gasteiger partial charge in [0.25, 0.3) is 0 Å². The quantitative estimate of drug-likeness (QED) is 0.655. The van der Waals surface area contributed by atoms with E-state index in [-0.39, 0.29) is 11.1 Å². The molecule has 102 valence electrons. The van der Waals surface area contributed by atoms with E-state index in [1.165, 1.54) is 0 Å². The van der Waals surface area contributed by atoms with Gasteiger partial charge in [0, 0.05) is 0 Å². The van der Waals surface area contributed by atoms with Crippen molar-refractivity contribution >= 4 is 8.32 Å². The van der Waals surface area contributed by atoms with Crippen molar-refractivity contribution in [3.05, 3.63) is 0 Å². The van der Waals surface area contributed by atoms with Gasteiger partial charge in [0.1, 0.15) is 12.2 Å². The third-order valence-electron chi connectivity index (χ3n) is 4.12. The number of aliphatic hydroxyl groups is 3. The second-order valence-corrected chi connectivity index (χ2v) is 11.3. The van der Waals surface area contributed by atoms with Crippen LogP contribution in [0.15, 0.2) is 0 Å². The predicted molar refractivity (Wildman–Crippen MR) is 69.3 cm³/mol. The first-order chi connectivity index (χ1) is 7.56. The second kappa shape index (κ2) is 4.97. The van der Waals surface area contributed by atoms with Gasteiger partial charge < -0.3 is 19.7 Å². The molecule has 4 atom stereocenters. The average molecular weight is 262 g/mol. The highest BCUT2D eigenvalue weighted by molar-refractivity contribution is 6.74. The minimum atomic E-state index is -1.94. The van der Waals surface area contributed by atoms with Crippen molar-refractivity contribution in [1.82, 2.24) is 0 Å². The molecule has 1 fully saturated rings. The van der Waals surface area contributed by atoms with E-state index in [0.717, 1.165) is 0 Å². The van der Waals surface area contributed by atoms with Crippen molar-refractivity contribution in [3.8, 4) is 0 Å². The maximum Gasteiger partial charge on any atom is 0.192 e. The molecule has 0 aliphatic heterocycles. The Kier molecular flexibility index (Phi) is 4.42. The number of rotatable bonds is 2. The molecule has 3 N–H and O–H groups in total. The second-order valence-electron chi connectivity index (χ2n) is 6.54. The molecule has 0 aromatic rings. The van der Waals surface area contributed by atoms with E-state index in [0.29, 0.717) is 12.8 Å². The van der Waals surface area contributed by atoms with Crippen LogP contribution in [0, 0.1) is 0 Å². The molecule has 1 saturated carbocycles. The Balaban J connectivity index is 2.70. The molecule has 4 nitrogen and oxygen atoms in total. The van der Waals surface area contributed by atoms with Gasteiger partial charge in [-0.2, -0.15) is 0 Å². The van der Waals surface area contributed by atoms with Crippen molar-refractivity contribution in [2.75, 3.05) is 0 Å². The lowest BCUT2D eigenvalue weighted by Crippen LogP contribution is -2.55. The van der Waals surface area contributed by atoms with Crippen molar-refractivity contribution < 1.29 is 19.7 Å². The summed E-state index contributed by atoms with van der Waals surface area (Å²) in [6, 6.07) is 0. The van der Waals surface area contributed by atoms with Crippen LogP contribution in [0.4, 0.5) is 0 Å². The van der Waals surface area contributed by atoms with E-state index < -0.39 is 26.6 Å². The molecular formula is C12H26O4Si. The Hall–Kier alpha value is 0.0569. The zero-order valence-corrected chi connectivity index (χ0v) is 12.5. The van der Waals surface area contributed by atoms with E-state index >= 15 is 0 Å². The lowest BCUT2D eigenvalue weighted by Gasteiger charge is -2.43. The molecule has 0 unspecified atom stereocenters. The summed E-state index contributed by atoms with van der Waals surface area (Å²) < 4.78 is 6.09. The van der Waals surface area contributed by atoms with Crippen LogP contribution in [0.1, 0.15) is 33.6 Å². The molecule has 1 aliphatic carbocycles. The highest BCUT2D eigenvalue weighted by Gasteiger charge is 2.44. The number of aliphatic hydroxyl groups excluding tert-OH is 3. The fourth-order valence-corrected chi connectivity index (χ4v) is 3.18. The summed E-state index contributed by atoms with van der Waals surface area (Å²) in [4.78, 5) is 0. The van der Waals surface area contributed by atoms with Gasteiger partial charge in [0.05, 0.1) is 12.2 Å². The first-order valence-corrected chi connectivity index (χ1v) is 9.19. The molecule has 0 spiro atoms. The Morgan fingerprint density at radius 2 is 1.53 bits per heavy atom. The van der Waals surface area contributed by atoms with E-state index in [9.17, 15) is 15.3 Å². The molecule has 0 heterocycles. The smallest absolute Gasteiger partial charge is 0.192 e. The van der Waals surface area contributed by atoms with Crippen LogP contribution in [0.5, 0.6) is 0 Å². The lowest BCUT2D eigenvalue weighted by molar-refractivity contribution is -0.131. The van der Waals surface area contributed by atoms with Crippen molar-refractivity contribution in [2.24, 2.45) is 0 Å². The monoisotopic (exact) mass is 262 g/mol. The molecular weight excluding hydrogens is 236 g/mol. The van der Waals surface area contributed by atoms with Crippen molar-refractivity contribution in [2.45, 2.75) is 76.2 Å². The van der Waals surface area contributed by atoms with Gasteiger partial charge in [-0.25, -0.2) is 0 Å². The molecule has 0 bridgehead atoms. The van der Waals surface area contributed by atoms with Crippen LogP contribution in [-0.2, 0) is 4.43 Å². The molecule has 5 heteroatoms. The molecule has 0 aromatic carbocycles. The minimum Gasteiger partial charge on any atom is -0.411 e. The largest absolute Gasteiger partial charge is 0.411 e. The van der Waals surface area contributed by atoms with Gasteiger partial charge in [-0.1, -0.05) is 20.8 Å². The van der Waals surface area contributed by atoms with Crippen LogP contribution in [-0.4, -0.2) is 48.1 Å². The molecule has 1 aliphatic rings. The summed E-state index contributed by atoms with van der Waals surface area (Å²) in [6.07, 6.45) is -2.16. The van der Waals surface area contributed by atoms with Gasteiger partial charge in [0.2, 0.25) is 0 Å². The van der Waals surface area contributed by atoms with Crippen LogP contribution in [0.2, 0.25) is 18.1 Å². The van der Waals surface area contributed by atoms with Gasteiger partial charge in [-0.3, -0.25) is 0 Å². The predicted octanol–water partition coefficient (Wildman–Crippen LogP) is 1.25. The third-order valence-corrected chi connectivity index (χ3v) is 8.63. The zero-order valence-electron chi connectivity index (χ0n) is 11.5. The first-order valence-electron chi connectivity index (χ1n) is 6.28. The summed E-state index contributed by atoms with van der Waals surface area (Å²) in [7, 11) is -1.94. The van der Waals surface area contributed by atoms with E-state index in [4.69, 9.17) is 4.43 Å². The zero-order chi connectivity index (χ0) is 13.4. The highest BCUT2D eigenvalue weighted by atomic mass is 28.4. The number of hydrogen-bond acceptors (Lipinski definition) is 4. The highest BCUT2D eigenvalue weighted by Crippen LogP contribution is 2.39. The summed E-state index contributed by atoms with van der Waals surface area (Å²) >= 11 is 0. The molecule has 0 saturated heterocycles. The first kappa shape index (κ1) is 15.1. The summed E-state index contributed by atoms with van der Waals surface area (Å²) in [5.41, 5.74) is 0. The van der Waals surface area contributed by atoms with Crippen molar-refractivity contribution in [1.29, 1.82) is 0 Å². The van der Waals surface area contributed by atoms with Gasteiger partial charge >= 0.3 is 0 Å². The van der Waals surface area contributed by atoms with Gasteiger partial charge in [0.15, 0.2) is 8.32 Å². The standard InChI is InChI=1S/C12H26O4Si/c1-12(2,3)17(4,5)16-9-7-6-8(13)10(14)11(9)15/h8-11,13-15H,6-7H2,1-5H3/t8-,9-,10+,11-/m1/s1. The Morgan fingerprint density at radius 3 is 2.00 bits per heavy atom. The van der Waals surface area contributed by atoms with Gasteiger partial charge in [-0.05, 0) is 31.0 Å². The SMILES string of the molecule is CC(C)(C)[Si](C)(C)O[C@@H]1CC[C@@H](O)[C@H](O)[C@@H]1O. The fraction of sp³-hybridized carbons (Fsp3) is 1.00. The van der Waals surface area contributed by atoms with E-state index in [1.54, 1.807) is 0 Å². The molecule has 0 amide bonds. The third kappa shape index (κ3) is 3.29. The fourth-order valence-electron chi connectivity index (χ4n) is 1.81. The van der Waals surface area contributed by atoms with Crippen LogP contribution in [0.25, 0.3) is 0 Å². The minimum absolute atomic E-state index is 0.0771. The normalized spacial score (nSPS) is 36.0. The Bertz CT molecular complexity index is 262. The Morgan fingerprint density at radius 1 is 1.00 bits per heavy atom. The lowest BCUT2D eigenvalue weighted by atomic mass is 9.90. The number of hydrogen-bond donors (Lipinski definition) is 3. The summed E-state index contributed by atoms with van der Waals surface area (Å²) in [5.74, 6) is 0. The molecule has 0 aromatic heterocycles. The maximum absolute atomic E-state index is 9.92. The summed E-state index contributed by atoms with van der Waals surface area (Å²) in [5, 5.41) is 29.1. The van der Waals surface area contributed by atoms with Crippen molar-refractivity contribution in [3.63, 3.8) is 0 Å². The van der Waals surface area contributed by atoms with E-state index in [2.05, 4.69) is 33.9 Å². The average Bonchev–Trinajstić information content (AvgIpc) is 2.17. The Labute approximate surface area is 105 Å². The summed E-state index contributed by atoms with van der Waals surface area (Å²) in [6.45, 7) is 10.7. The van der Waals surface area contributed by atoms with Crippen LogP contribution < -0.4 is 0 Å². The molecule has 1 rings (SSSR count). The molecule has 0 radical (unpaired) electrons. The van der Waals surface area contributed by atoms with E-state index in [1.807, 2.05) is 0 Å². The van der Waals surface area contributed by atoms with Crippen LogP contribution >= 0.6 is 0 Å². The topological polar surface area (TPSA) is 69.9 Å². The molecule has 17 heavy (non-hydrogen) atoms. The van der Waals surface area contributed by atoms with Crippen LogP contribution in [0.3, 0.4) is 0 Å².